The van der Waals surface area contributed by atoms with E-state index in [-0.39, 0.29) is 17.5 Å². The average Bonchev–Trinajstić information content (AvgIpc) is 3.44. The molecule has 1 aromatic carbocycles. The van der Waals surface area contributed by atoms with Crippen molar-refractivity contribution in [2.45, 2.75) is 31.6 Å². The maximum absolute atomic E-state index is 12.7. The van der Waals surface area contributed by atoms with Gasteiger partial charge in [0.1, 0.15) is 11.4 Å². The molecule has 0 spiro atoms. The molecule has 0 unspecified atom stereocenters. The third-order valence-electron chi connectivity index (χ3n) is 4.06. The van der Waals surface area contributed by atoms with Gasteiger partial charge in [-0.2, -0.15) is 13.2 Å². The van der Waals surface area contributed by atoms with Gasteiger partial charge in [0.2, 0.25) is 0 Å². The minimum atomic E-state index is -4.51. The van der Waals surface area contributed by atoms with Crippen LogP contribution >= 0.6 is 0 Å². The predicted molar refractivity (Wildman–Crippen MR) is 85.1 cm³/mol. The van der Waals surface area contributed by atoms with Crippen LogP contribution in [0.4, 0.5) is 13.2 Å². The van der Waals surface area contributed by atoms with E-state index in [1.807, 2.05) is 24.3 Å². The summed E-state index contributed by atoms with van der Waals surface area (Å²) in [5, 5.41) is 0. The largest absolute Gasteiger partial charge is 0.497 e. The molecule has 1 fully saturated rings. The lowest BCUT2D eigenvalue weighted by Gasteiger charge is -2.23. The maximum Gasteiger partial charge on any atom is 0.433 e. The van der Waals surface area contributed by atoms with Gasteiger partial charge in [-0.05, 0) is 42.7 Å². The van der Waals surface area contributed by atoms with E-state index in [1.54, 1.807) is 12.0 Å². The maximum atomic E-state index is 12.7. The zero-order valence-corrected chi connectivity index (χ0v) is 13.6. The van der Waals surface area contributed by atoms with Gasteiger partial charge in [-0.3, -0.25) is 9.78 Å². The third-order valence-corrected chi connectivity index (χ3v) is 4.06. The Kier molecular flexibility index (Phi) is 4.65. The van der Waals surface area contributed by atoms with Crippen LogP contribution in [0, 0.1) is 0 Å². The Morgan fingerprint density at radius 1 is 1.20 bits per heavy atom. The SMILES string of the molecule is COc1ccc(CN(C(=O)c2ccc(C(F)(F)F)nc2)C2CC2)cc1. The number of amides is 1. The summed E-state index contributed by atoms with van der Waals surface area (Å²) in [5.41, 5.74) is 0.0894. The van der Waals surface area contributed by atoms with Crippen molar-refractivity contribution in [3.8, 4) is 5.75 Å². The van der Waals surface area contributed by atoms with Gasteiger partial charge in [-0.25, -0.2) is 0 Å². The van der Waals surface area contributed by atoms with Crippen LogP contribution in [0.15, 0.2) is 42.6 Å². The van der Waals surface area contributed by atoms with Crippen molar-refractivity contribution < 1.29 is 22.7 Å². The molecule has 1 saturated carbocycles. The van der Waals surface area contributed by atoms with Crippen LogP contribution in [0.5, 0.6) is 5.75 Å². The Bertz CT molecular complexity index is 738. The summed E-state index contributed by atoms with van der Waals surface area (Å²) < 4.78 is 42.9. The summed E-state index contributed by atoms with van der Waals surface area (Å²) in [6.45, 7) is 0.397. The van der Waals surface area contributed by atoms with Gasteiger partial charge >= 0.3 is 6.18 Å². The van der Waals surface area contributed by atoms with Gasteiger partial charge < -0.3 is 9.64 Å². The van der Waals surface area contributed by atoms with Gasteiger partial charge in [0.15, 0.2) is 0 Å². The highest BCUT2D eigenvalue weighted by Gasteiger charge is 2.35. The fourth-order valence-electron chi connectivity index (χ4n) is 2.53. The number of pyridine rings is 1. The second kappa shape index (κ2) is 6.74. The number of aromatic nitrogens is 1. The first-order chi connectivity index (χ1) is 11.9. The van der Waals surface area contributed by atoms with E-state index in [2.05, 4.69) is 4.98 Å². The van der Waals surface area contributed by atoms with Gasteiger partial charge in [-0.1, -0.05) is 12.1 Å². The summed E-state index contributed by atoms with van der Waals surface area (Å²) in [6, 6.07) is 9.50. The van der Waals surface area contributed by atoms with Crippen molar-refractivity contribution in [1.29, 1.82) is 0 Å². The Balaban J connectivity index is 1.76. The van der Waals surface area contributed by atoms with Gasteiger partial charge in [0.05, 0.1) is 12.7 Å². The van der Waals surface area contributed by atoms with Crippen LogP contribution in [0.2, 0.25) is 0 Å². The van der Waals surface area contributed by atoms with E-state index >= 15 is 0 Å². The molecule has 25 heavy (non-hydrogen) atoms. The first-order valence-electron chi connectivity index (χ1n) is 7.85. The molecule has 2 aromatic rings. The van der Waals surface area contributed by atoms with Gasteiger partial charge in [0.25, 0.3) is 5.91 Å². The molecule has 0 bridgehead atoms. The topological polar surface area (TPSA) is 42.4 Å². The second-order valence-corrected chi connectivity index (χ2v) is 5.94. The Morgan fingerprint density at radius 2 is 1.88 bits per heavy atom. The lowest BCUT2D eigenvalue weighted by Crippen LogP contribution is -2.32. The zero-order valence-electron chi connectivity index (χ0n) is 13.6. The standard InChI is InChI=1S/C18H17F3N2O2/c1-25-15-7-2-12(3-8-15)11-23(14-5-6-14)17(24)13-4-9-16(22-10-13)18(19,20)21/h2-4,7-10,14H,5-6,11H2,1H3. The zero-order chi connectivity index (χ0) is 18.0. The summed E-state index contributed by atoms with van der Waals surface area (Å²) in [7, 11) is 1.58. The molecule has 3 rings (SSSR count). The predicted octanol–water partition coefficient (Wildman–Crippen LogP) is 3.91. The molecule has 0 N–H and O–H groups in total. The van der Waals surface area contributed by atoms with E-state index in [1.165, 1.54) is 6.07 Å². The summed E-state index contributed by atoms with van der Waals surface area (Å²) in [4.78, 5) is 17.8. The number of benzene rings is 1. The van der Waals surface area contributed by atoms with Crippen LogP contribution in [-0.4, -0.2) is 28.9 Å². The first kappa shape index (κ1) is 17.3. The molecule has 7 heteroatoms. The molecular formula is C18H17F3N2O2. The highest BCUT2D eigenvalue weighted by molar-refractivity contribution is 5.94. The molecule has 1 heterocycles. The van der Waals surface area contributed by atoms with Crippen LogP contribution in [0.3, 0.4) is 0 Å². The lowest BCUT2D eigenvalue weighted by molar-refractivity contribution is -0.141. The smallest absolute Gasteiger partial charge is 0.433 e. The summed E-state index contributed by atoms with van der Waals surface area (Å²) in [5.74, 6) is 0.416. The number of ether oxygens (including phenoxy) is 1. The van der Waals surface area contributed by atoms with Gasteiger partial charge in [0, 0.05) is 18.8 Å². The highest BCUT2D eigenvalue weighted by atomic mass is 19.4. The van der Waals surface area contributed by atoms with Crippen molar-refractivity contribution in [1.82, 2.24) is 9.88 Å². The van der Waals surface area contributed by atoms with E-state index in [0.717, 1.165) is 36.4 Å². The van der Waals surface area contributed by atoms with Crippen molar-refractivity contribution in [3.05, 3.63) is 59.4 Å². The molecule has 0 aliphatic heterocycles. The van der Waals surface area contributed by atoms with E-state index < -0.39 is 11.9 Å². The van der Waals surface area contributed by atoms with E-state index in [4.69, 9.17) is 4.74 Å². The van der Waals surface area contributed by atoms with Gasteiger partial charge in [-0.15, -0.1) is 0 Å². The Hall–Kier alpha value is -2.57. The molecule has 1 aliphatic rings. The number of methoxy groups -OCH3 is 1. The quantitative estimate of drug-likeness (QED) is 0.821. The minimum absolute atomic E-state index is 0.122. The normalized spacial score (nSPS) is 14.2. The minimum Gasteiger partial charge on any atom is -0.497 e. The molecule has 0 radical (unpaired) electrons. The molecule has 4 nitrogen and oxygen atoms in total. The number of nitrogens with zero attached hydrogens (tertiary/aromatic N) is 2. The number of rotatable bonds is 5. The van der Waals surface area contributed by atoms with E-state index in [0.29, 0.717) is 6.54 Å². The Morgan fingerprint density at radius 3 is 2.36 bits per heavy atom. The highest BCUT2D eigenvalue weighted by Crippen LogP contribution is 2.31. The fourth-order valence-corrected chi connectivity index (χ4v) is 2.53. The average molecular weight is 350 g/mol. The Labute approximate surface area is 143 Å². The lowest BCUT2D eigenvalue weighted by atomic mass is 10.1. The number of halogens is 3. The molecule has 1 aromatic heterocycles. The molecule has 0 atom stereocenters. The molecular weight excluding hydrogens is 333 g/mol. The fraction of sp³-hybridized carbons (Fsp3) is 0.333. The third kappa shape index (κ3) is 4.10. The number of hydrogen-bond donors (Lipinski definition) is 0. The molecule has 0 saturated heterocycles. The van der Waals surface area contributed by atoms with Crippen LogP contribution < -0.4 is 4.74 Å². The van der Waals surface area contributed by atoms with Crippen LogP contribution in [0.25, 0.3) is 0 Å². The number of carbonyl (C=O) groups excluding carboxylic acids is 1. The monoisotopic (exact) mass is 350 g/mol. The summed E-state index contributed by atoms with van der Waals surface area (Å²) in [6.07, 6.45) is -1.72. The molecule has 132 valence electrons. The van der Waals surface area contributed by atoms with Crippen LogP contribution in [-0.2, 0) is 12.7 Å². The molecule has 1 amide bonds. The van der Waals surface area contributed by atoms with E-state index in [9.17, 15) is 18.0 Å². The van der Waals surface area contributed by atoms with Crippen molar-refractivity contribution in [2.24, 2.45) is 0 Å². The second-order valence-electron chi connectivity index (χ2n) is 5.94. The van der Waals surface area contributed by atoms with Crippen molar-refractivity contribution in [3.63, 3.8) is 0 Å². The van der Waals surface area contributed by atoms with Crippen molar-refractivity contribution in [2.75, 3.05) is 7.11 Å². The number of alkyl halides is 3. The molecule has 1 aliphatic carbocycles. The van der Waals surface area contributed by atoms with Crippen molar-refractivity contribution >= 4 is 5.91 Å². The van der Waals surface area contributed by atoms with Crippen LogP contribution in [0.1, 0.15) is 34.5 Å². The number of carbonyl (C=O) groups is 1. The number of hydrogen-bond acceptors (Lipinski definition) is 3. The summed E-state index contributed by atoms with van der Waals surface area (Å²) >= 11 is 0. The first-order valence-corrected chi connectivity index (χ1v) is 7.85.